The summed E-state index contributed by atoms with van der Waals surface area (Å²) in [6.45, 7) is 4.20. The molecule has 0 saturated carbocycles. The lowest BCUT2D eigenvalue weighted by Gasteiger charge is -2.09. The Morgan fingerprint density at radius 1 is 1.25 bits per heavy atom. The van der Waals surface area contributed by atoms with E-state index in [0.717, 1.165) is 24.2 Å². The van der Waals surface area contributed by atoms with Gasteiger partial charge in [-0.3, -0.25) is 0 Å². The third kappa shape index (κ3) is 1.70. The van der Waals surface area contributed by atoms with E-state index in [-0.39, 0.29) is 0 Å². The molecule has 0 heterocycles. The van der Waals surface area contributed by atoms with Crippen molar-refractivity contribution < 1.29 is 0 Å². The van der Waals surface area contributed by atoms with Gasteiger partial charge in [0.05, 0.1) is 0 Å². The van der Waals surface area contributed by atoms with E-state index in [1.807, 2.05) is 12.1 Å². The van der Waals surface area contributed by atoms with Crippen LogP contribution in [0.5, 0.6) is 0 Å². The summed E-state index contributed by atoms with van der Waals surface area (Å²) in [6, 6.07) is 3.80. The average molecular weight is 164 g/mol. The molecule has 66 valence electrons. The SMILES string of the molecule is CCCc1c(C)cc(N)cc1N. The summed E-state index contributed by atoms with van der Waals surface area (Å²) in [4.78, 5) is 0. The van der Waals surface area contributed by atoms with Crippen molar-refractivity contribution in [2.45, 2.75) is 26.7 Å². The third-order valence-electron chi connectivity index (χ3n) is 2.03. The van der Waals surface area contributed by atoms with Gasteiger partial charge in [-0.1, -0.05) is 13.3 Å². The summed E-state index contributed by atoms with van der Waals surface area (Å²) in [5.41, 5.74) is 15.5. The molecular formula is C10H16N2. The fourth-order valence-corrected chi connectivity index (χ4v) is 1.46. The van der Waals surface area contributed by atoms with Crippen LogP contribution in [-0.2, 0) is 6.42 Å². The van der Waals surface area contributed by atoms with Crippen LogP contribution >= 0.6 is 0 Å². The van der Waals surface area contributed by atoms with Gasteiger partial charge in [-0.25, -0.2) is 0 Å². The smallest absolute Gasteiger partial charge is 0.0369 e. The molecule has 1 rings (SSSR count). The number of anilines is 2. The van der Waals surface area contributed by atoms with E-state index in [2.05, 4.69) is 13.8 Å². The van der Waals surface area contributed by atoms with Gasteiger partial charge in [0.2, 0.25) is 0 Å². The lowest BCUT2D eigenvalue weighted by atomic mass is 10.0. The van der Waals surface area contributed by atoms with Crippen molar-refractivity contribution in [3.05, 3.63) is 23.3 Å². The Hall–Kier alpha value is -1.18. The summed E-state index contributed by atoms with van der Waals surface area (Å²) in [5.74, 6) is 0. The van der Waals surface area contributed by atoms with Gasteiger partial charge in [0.25, 0.3) is 0 Å². The second-order valence-electron chi connectivity index (χ2n) is 3.16. The first kappa shape index (κ1) is 8.91. The average Bonchev–Trinajstić information content (AvgIpc) is 1.96. The van der Waals surface area contributed by atoms with Crippen LogP contribution in [0.4, 0.5) is 11.4 Å². The number of benzene rings is 1. The molecule has 0 bridgehead atoms. The third-order valence-corrected chi connectivity index (χ3v) is 2.03. The maximum atomic E-state index is 5.83. The number of rotatable bonds is 2. The van der Waals surface area contributed by atoms with Crippen molar-refractivity contribution in [3.63, 3.8) is 0 Å². The maximum Gasteiger partial charge on any atom is 0.0369 e. The molecule has 4 N–H and O–H groups in total. The molecule has 0 aliphatic rings. The zero-order chi connectivity index (χ0) is 9.14. The van der Waals surface area contributed by atoms with Crippen LogP contribution in [0.15, 0.2) is 12.1 Å². The molecule has 0 amide bonds. The summed E-state index contributed by atoms with van der Waals surface area (Å²) in [5, 5.41) is 0. The van der Waals surface area contributed by atoms with Crippen molar-refractivity contribution in [1.29, 1.82) is 0 Å². The minimum Gasteiger partial charge on any atom is -0.399 e. The van der Waals surface area contributed by atoms with Gasteiger partial charge >= 0.3 is 0 Å². The van der Waals surface area contributed by atoms with Gasteiger partial charge in [0, 0.05) is 11.4 Å². The summed E-state index contributed by atoms with van der Waals surface area (Å²) >= 11 is 0. The van der Waals surface area contributed by atoms with Crippen molar-refractivity contribution in [2.24, 2.45) is 0 Å². The van der Waals surface area contributed by atoms with Crippen LogP contribution < -0.4 is 11.5 Å². The van der Waals surface area contributed by atoms with Crippen LogP contribution in [0, 0.1) is 6.92 Å². The standard InChI is InChI=1S/C10H16N2/c1-3-4-9-7(2)5-8(11)6-10(9)12/h5-6H,3-4,11-12H2,1-2H3. The monoisotopic (exact) mass is 164 g/mol. The largest absolute Gasteiger partial charge is 0.399 e. The van der Waals surface area contributed by atoms with Crippen molar-refractivity contribution in [2.75, 3.05) is 11.5 Å². The number of hydrogen-bond acceptors (Lipinski definition) is 2. The van der Waals surface area contributed by atoms with Crippen molar-refractivity contribution in [1.82, 2.24) is 0 Å². The van der Waals surface area contributed by atoms with E-state index in [0.29, 0.717) is 0 Å². The van der Waals surface area contributed by atoms with Crippen LogP contribution in [0.3, 0.4) is 0 Å². The highest BCUT2D eigenvalue weighted by molar-refractivity contribution is 5.60. The molecule has 0 saturated heterocycles. The highest BCUT2D eigenvalue weighted by atomic mass is 14.6. The minimum atomic E-state index is 0.754. The van der Waals surface area contributed by atoms with E-state index in [1.54, 1.807) is 0 Å². The summed E-state index contributed by atoms with van der Waals surface area (Å²) in [7, 11) is 0. The minimum absolute atomic E-state index is 0.754. The first-order chi connectivity index (χ1) is 5.65. The molecular weight excluding hydrogens is 148 g/mol. The molecule has 0 aliphatic heterocycles. The molecule has 0 aromatic heterocycles. The first-order valence-corrected chi connectivity index (χ1v) is 4.29. The Bertz CT molecular complexity index is 256. The quantitative estimate of drug-likeness (QED) is 0.658. The molecule has 0 fully saturated rings. The van der Waals surface area contributed by atoms with E-state index < -0.39 is 0 Å². The van der Waals surface area contributed by atoms with Gasteiger partial charge in [0.15, 0.2) is 0 Å². The fourth-order valence-electron chi connectivity index (χ4n) is 1.46. The van der Waals surface area contributed by atoms with Gasteiger partial charge in [-0.2, -0.15) is 0 Å². The molecule has 2 heteroatoms. The molecule has 1 aromatic rings. The summed E-state index contributed by atoms with van der Waals surface area (Å²) < 4.78 is 0. The lowest BCUT2D eigenvalue weighted by molar-refractivity contribution is 0.916. The predicted molar refractivity (Wildman–Crippen MR) is 54.0 cm³/mol. The van der Waals surface area contributed by atoms with Gasteiger partial charge in [-0.05, 0) is 36.6 Å². The fraction of sp³-hybridized carbons (Fsp3) is 0.400. The molecule has 0 aliphatic carbocycles. The second kappa shape index (κ2) is 3.48. The van der Waals surface area contributed by atoms with E-state index in [9.17, 15) is 0 Å². The van der Waals surface area contributed by atoms with Gasteiger partial charge in [0.1, 0.15) is 0 Å². The number of aryl methyl sites for hydroxylation is 1. The van der Waals surface area contributed by atoms with Gasteiger partial charge in [-0.15, -0.1) is 0 Å². The van der Waals surface area contributed by atoms with E-state index in [1.165, 1.54) is 11.1 Å². The van der Waals surface area contributed by atoms with Crippen molar-refractivity contribution in [3.8, 4) is 0 Å². The van der Waals surface area contributed by atoms with Crippen LogP contribution in [0.25, 0.3) is 0 Å². The number of nitrogen functional groups attached to an aromatic ring is 2. The second-order valence-corrected chi connectivity index (χ2v) is 3.16. The number of hydrogen-bond donors (Lipinski definition) is 2. The van der Waals surface area contributed by atoms with E-state index >= 15 is 0 Å². The van der Waals surface area contributed by atoms with Crippen LogP contribution in [-0.4, -0.2) is 0 Å². The van der Waals surface area contributed by atoms with Crippen LogP contribution in [0.1, 0.15) is 24.5 Å². The maximum absolute atomic E-state index is 5.83. The number of nitrogens with two attached hydrogens (primary N) is 2. The molecule has 0 radical (unpaired) electrons. The normalized spacial score (nSPS) is 10.2. The Labute approximate surface area is 73.6 Å². The molecule has 0 atom stereocenters. The zero-order valence-electron chi connectivity index (χ0n) is 7.72. The van der Waals surface area contributed by atoms with Gasteiger partial charge < -0.3 is 11.5 Å². The predicted octanol–water partition coefficient (Wildman–Crippen LogP) is 2.11. The van der Waals surface area contributed by atoms with E-state index in [4.69, 9.17) is 11.5 Å². The summed E-state index contributed by atoms with van der Waals surface area (Å²) in [6.07, 6.45) is 2.16. The highest BCUT2D eigenvalue weighted by Crippen LogP contribution is 2.21. The molecule has 0 spiro atoms. The molecule has 12 heavy (non-hydrogen) atoms. The Morgan fingerprint density at radius 3 is 2.42 bits per heavy atom. The molecule has 2 nitrogen and oxygen atoms in total. The molecule has 0 unspecified atom stereocenters. The topological polar surface area (TPSA) is 52.0 Å². The van der Waals surface area contributed by atoms with Crippen molar-refractivity contribution >= 4 is 11.4 Å². The zero-order valence-corrected chi connectivity index (χ0v) is 7.72. The Kier molecular flexibility index (Phi) is 2.58. The lowest BCUT2D eigenvalue weighted by Crippen LogP contribution is -1.99. The Morgan fingerprint density at radius 2 is 1.92 bits per heavy atom. The molecule has 1 aromatic carbocycles. The Balaban J connectivity index is 3.10. The van der Waals surface area contributed by atoms with Crippen LogP contribution in [0.2, 0.25) is 0 Å². The highest BCUT2D eigenvalue weighted by Gasteiger charge is 2.02. The first-order valence-electron chi connectivity index (χ1n) is 4.29.